The molecule has 0 aliphatic carbocycles. The minimum atomic E-state index is -3.50. The number of rotatable bonds is 8. The molecule has 1 fully saturated rings. The van der Waals surface area contributed by atoms with E-state index in [0.29, 0.717) is 19.4 Å². The number of ether oxygens (including phenoxy) is 1. The Morgan fingerprint density at radius 1 is 1.06 bits per heavy atom. The number of sulfone groups is 1. The van der Waals surface area contributed by atoms with E-state index in [1.165, 1.54) is 11.3 Å². The summed E-state index contributed by atoms with van der Waals surface area (Å²) in [6, 6.07) is 12.7. The van der Waals surface area contributed by atoms with Crippen LogP contribution in [0.2, 0.25) is 25.7 Å². The molecule has 3 heterocycles. The van der Waals surface area contributed by atoms with Crippen LogP contribution >= 0.6 is 11.3 Å². The van der Waals surface area contributed by atoms with Crippen LogP contribution in [0.5, 0.6) is 0 Å². The summed E-state index contributed by atoms with van der Waals surface area (Å²) in [7, 11) is -4.84. The summed E-state index contributed by atoms with van der Waals surface area (Å²) < 4.78 is 31.2. The summed E-state index contributed by atoms with van der Waals surface area (Å²) in [5.41, 5.74) is 2.76. The molecule has 3 aromatic rings. The van der Waals surface area contributed by atoms with Gasteiger partial charge in [-0.15, -0.1) is 11.3 Å². The van der Waals surface area contributed by atoms with Crippen molar-refractivity contribution in [3.05, 3.63) is 59.9 Å². The molecule has 0 N–H and O–H groups in total. The maximum Gasteiger partial charge on any atom is 0.307 e. The van der Waals surface area contributed by atoms with Crippen molar-refractivity contribution < 1.29 is 17.9 Å². The molecule has 1 saturated heterocycles. The zero-order valence-corrected chi connectivity index (χ0v) is 23.1. The largest absolute Gasteiger partial charge is 0.466 e. The molecular formula is C26H32N2O4S2Si. The molecule has 0 saturated carbocycles. The summed E-state index contributed by atoms with van der Waals surface area (Å²) in [5.74, 6) is -0.313. The lowest BCUT2D eigenvalue weighted by molar-refractivity contribution is -0.144. The van der Waals surface area contributed by atoms with Gasteiger partial charge in [0, 0.05) is 35.8 Å². The Labute approximate surface area is 212 Å². The third-order valence-electron chi connectivity index (χ3n) is 6.47. The number of hydrogen-bond acceptors (Lipinski definition) is 7. The van der Waals surface area contributed by atoms with Gasteiger partial charge in [0.25, 0.3) is 0 Å². The van der Waals surface area contributed by atoms with Crippen molar-refractivity contribution in [2.75, 3.05) is 12.4 Å². The number of hydrogen-bond donors (Lipinski definition) is 0. The summed E-state index contributed by atoms with van der Waals surface area (Å²) >= 11 is 1.46. The second-order valence-corrected chi connectivity index (χ2v) is 19.4. The van der Waals surface area contributed by atoms with Crippen molar-refractivity contribution in [2.45, 2.75) is 56.1 Å². The highest BCUT2D eigenvalue weighted by molar-refractivity contribution is 7.92. The van der Waals surface area contributed by atoms with E-state index in [0.717, 1.165) is 39.0 Å². The van der Waals surface area contributed by atoms with Crippen LogP contribution in [0.25, 0.3) is 21.7 Å². The predicted molar refractivity (Wildman–Crippen MR) is 144 cm³/mol. The first-order chi connectivity index (χ1) is 16.6. The van der Waals surface area contributed by atoms with Crippen molar-refractivity contribution in [1.29, 1.82) is 0 Å². The van der Waals surface area contributed by atoms with Gasteiger partial charge in [0.15, 0.2) is 9.84 Å². The lowest BCUT2D eigenvalue weighted by Gasteiger charge is -2.35. The van der Waals surface area contributed by atoms with Gasteiger partial charge in [-0.05, 0) is 36.6 Å². The number of thiophene rings is 1. The maximum atomic E-state index is 13.4. The first kappa shape index (κ1) is 25.7. The molecule has 1 aliphatic rings. The van der Waals surface area contributed by atoms with E-state index in [2.05, 4.69) is 29.6 Å². The first-order valence-electron chi connectivity index (χ1n) is 11.9. The van der Waals surface area contributed by atoms with Crippen molar-refractivity contribution in [1.82, 2.24) is 9.97 Å². The van der Waals surface area contributed by atoms with Crippen LogP contribution in [-0.4, -0.2) is 44.8 Å². The quantitative estimate of drug-likeness (QED) is 0.266. The number of carbonyl (C=O) groups excluding carboxylic acids is 1. The Morgan fingerprint density at radius 3 is 2.46 bits per heavy atom. The second kappa shape index (κ2) is 10.3. The molecule has 35 heavy (non-hydrogen) atoms. The molecule has 0 bridgehead atoms. The number of carbonyl (C=O) groups is 1. The fourth-order valence-corrected chi connectivity index (χ4v) is 8.85. The van der Waals surface area contributed by atoms with Gasteiger partial charge in [-0.3, -0.25) is 14.8 Å². The zero-order chi connectivity index (χ0) is 25.1. The smallest absolute Gasteiger partial charge is 0.307 e. The molecule has 186 valence electrons. The van der Waals surface area contributed by atoms with Gasteiger partial charge in [-0.2, -0.15) is 0 Å². The van der Waals surface area contributed by atoms with E-state index in [-0.39, 0.29) is 12.2 Å². The third kappa shape index (κ3) is 5.90. The third-order valence-corrected chi connectivity index (χ3v) is 12.2. The molecule has 0 amide bonds. The van der Waals surface area contributed by atoms with Crippen molar-refractivity contribution >= 4 is 35.2 Å². The predicted octanol–water partition coefficient (Wildman–Crippen LogP) is 5.94. The molecule has 6 nitrogen and oxygen atoms in total. The average molecular weight is 529 g/mol. The zero-order valence-electron chi connectivity index (χ0n) is 20.5. The van der Waals surface area contributed by atoms with Crippen LogP contribution in [0, 0.1) is 0 Å². The Morgan fingerprint density at radius 2 is 1.80 bits per heavy atom. The summed E-state index contributed by atoms with van der Waals surface area (Å²) in [6.45, 7) is 7.03. The minimum absolute atomic E-state index is 0.106. The van der Waals surface area contributed by atoms with Crippen LogP contribution in [0.4, 0.5) is 0 Å². The van der Waals surface area contributed by atoms with Crippen LogP contribution in [0.1, 0.15) is 30.6 Å². The fraction of sp³-hybridized carbons (Fsp3) is 0.423. The Hall–Kier alpha value is -2.36. The highest BCUT2D eigenvalue weighted by Gasteiger charge is 2.49. The number of esters is 1. The molecule has 0 unspecified atom stereocenters. The van der Waals surface area contributed by atoms with E-state index >= 15 is 0 Å². The van der Waals surface area contributed by atoms with Gasteiger partial charge in [0.1, 0.15) is 4.75 Å². The molecule has 2 aromatic heterocycles. The summed E-state index contributed by atoms with van der Waals surface area (Å²) in [5, 5.41) is 0. The van der Waals surface area contributed by atoms with Crippen molar-refractivity contribution in [3.8, 4) is 21.7 Å². The number of benzene rings is 1. The van der Waals surface area contributed by atoms with Crippen molar-refractivity contribution in [3.63, 3.8) is 0 Å². The minimum Gasteiger partial charge on any atom is -0.466 e. The molecule has 0 radical (unpaired) electrons. The lowest BCUT2D eigenvalue weighted by atomic mass is 9.95. The highest BCUT2D eigenvalue weighted by atomic mass is 32.2. The van der Waals surface area contributed by atoms with Crippen LogP contribution < -0.4 is 0 Å². The van der Waals surface area contributed by atoms with Crippen molar-refractivity contribution in [2.24, 2.45) is 0 Å². The Bertz CT molecular complexity index is 1270. The SMILES string of the molecule is C[Si](C)(C)CCOC(=O)C[C@]1(c2ccc(-c3ccc(-c4cnccn4)cc3)s2)CCCCS1(=O)=O. The molecule has 9 heteroatoms. The summed E-state index contributed by atoms with van der Waals surface area (Å²) in [4.78, 5) is 23.0. The van der Waals surface area contributed by atoms with E-state index in [9.17, 15) is 13.2 Å². The molecule has 1 aromatic carbocycles. The van der Waals surface area contributed by atoms with Crippen LogP contribution in [0.15, 0.2) is 55.0 Å². The monoisotopic (exact) mass is 528 g/mol. The normalized spacial score (nSPS) is 19.9. The topological polar surface area (TPSA) is 86.2 Å². The first-order valence-corrected chi connectivity index (χ1v) is 18.1. The molecule has 4 rings (SSSR count). The fourth-order valence-electron chi connectivity index (χ4n) is 4.36. The van der Waals surface area contributed by atoms with Gasteiger partial charge >= 0.3 is 5.97 Å². The van der Waals surface area contributed by atoms with Gasteiger partial charge < -0.3 is 4.74 Å². The van der Waals surface area contributed by atoms with Gasteiger partial charge in [-0.1, -0.05) is 50.3 Å². The Balaban J connectivity index is 1.59. The maximum absolute atomic E-state index is 13.4. The average Bonchev–Trinajstić information content (AvgIpc) is 3.31. The molecule has 0 spiro atoms. The number of aromatic nitrogens is 2. The van der Waals surface area contributed by atoms with Gasteiger partial charge in [0.2, 0.25) is 0 Å². The Kier molecular flexibility index (Phi) is 7.59. The van der Waals surface area contributed by atoms with Crippen LogP contribution in [-0.2, 0) is 24.1 Å². The second-order valence-electron chi connectivity index (χ2n) is 10.3. The van der Waals surface area contributed by atoms with E-state index in [1.807, 2.05) is 36.4 Å². The van der Waals surface area contributed by atoms with E-state index in [1.54, 1.807) is 18.6 Å². The molecule has 1 aliphatic heterocycles. The summed E-state index contributed by atoms with van der Waals surface area (Å²) in [6.07, 6.45) is 6.77. The van der Waals surface area contributed by atoms with Crippen LogP contribution in [0.3, 0.4) is 0 Å². The van der Waals surface area contributed by atoms with E-state index < -0.39 is 28.6 Å². The number of nitrogens with zero attached hydrogens (tertiary/aromatic N) is 2. The highest BCUT2D eigenvalue weighted by Crippen LogP contribution is 2.47. The van der Waals surface area contributed by atoms with E-state index in [4.69, 9.17) is 4.74 Å². The molecular weight excluding hydrogens is 497 g/mol. The van der Waals surface area contributed by atoms with Gasteiger partial charge in [-0.25, -0.2) is 8.42 Å². The standard InChI is InChI=1S/C26H32N2O4S2Si/c1-35(2,3)17-15-32-25(29)18-26(12-4-5-16-34(26,30)31)24-11-10-23(33-24)21-8-6-20(7-9-21)22-19-27-13-14-28-22/h6-11,13-14,19H,4-5,12,15-18H2,1-3H3/t26-/m0/s1. The lowest BCUT2D eigenvalue weighted by Crippen LogP contribution is -2.42. The van der Waals surface area contributed by atoms with Gasteiger partial charge in [0.05, 0.1) is 30.7 Å². The molecule has 1 atom stereocenters.